The molecule has 2 aliphatic rings. The smallest absolute Gasteiger partial charge is 0.410 e. The molecule has 0 atom stereocenters. The number of benzene rings is 1. The summed E-state index contributed by atoms with van der Waals surface area (Å²) < 4.78 is 15.8. The number of carbonyl (C=O) groups excluding carboxylic acids is 2. The lowest BCUT2D eigenvalue weighted by molar-refractivity contribution is 0.0113. The summed E-state index contributed by atoms with van der Waals surface area (Å²) in [6.45, 7) is 7.25. The summed E-state index contributed by atoms with van der Waals surface area (Å²) in [5, 5.41) is 0.767. The Morgan fingerprint density at radius 3 is 2.30 bits per heavy atom. The molecule has 178 valence electrons. The van der Waals surface area contributed by atoms with Gasteiger partial charge in [-0.05, 0) is 58.6 Å². The fraction of sp³-hybridized carbons (Fsp3) is 0.583. The predicted octanol–water partition coefficient (Wildman–Crippen LogP) is 3.79. The zero-order valence-electron chi connectivity index (χ0n) is 20.0. The number of hydrogen-bond donors (Lipinski definition) is 0. The third-order valence-corrected chi connectivity index (χ3v) is 6.04. The molecule has 0 bridgehead atoms. The van der Waals surface area contributed by atoms with Gasteiger partial charge in [0.1, 0.15) is 5.60 Å². The third kappa shape index (κ3) is 4.96. The van der Waals surface area contributed by atoms with Gasteiger partial charge in [0.15, 0.2) is 0 Å². The van der Waals surface area contributed by atoms with E-state index in [-0.39, 0.29) is 24.2 Å². The second-order valence-electron chi connectivity index (χ2n) is 9.58. The van der Waals surface area contributed by atoms with Crippen molar-refractivity contribution in [3.8, 4) is 6.01 Å². The van der Waals surface area contributed by atoms with Crippen LogP contribution < -0.4 is 9.64 Å². The van der Waals surface area contributed by atoms with Crippen LogP contribution in [0.3, 0.4) is 0 Å². The molecule has 0 radical (unpaired) electrons. The van der Waals surface area contributed by atoms with Crippen molar-refractivity contribution in [3.05, 3.63) is 23.9 Å². The van der Waals surface area contributed by atoms with Crippen molar-refractivity contribution in [1.82, 2.24) is 14.9 Å². The molecular weight excluding hydrogens is 424 g/mol. The Balaban J connectivity index is 1.55. The van der Waals surface area contributed by atoms with Crippen LogP contribution in [0.4, 0.5) is 10.5 Å². The van der Waals surface area contributed by atoms with Gasteiger partial charge in [-0.25, -0.2) is 14.6 Å². The molecule has 1 aromatic carbocycles. The van der Waals surface area contributed by atoms with Crippen molar-refractivity contribution in [3.63, 3.8) is 0 Å². The normalized spacial score (nSPS) is 17.1. The van der Waals surface area contributed by atoms with Crippen LogP contribution in [-0.2, 0) is 9.47 Å². The summed E-state index contributed by atoms with van der Waals surface area (Å²) in [6.07, 6.45) is 5.24. The van der Waals surface area contributed by atoms with Gasteiger partial charge in [-0.3, -0.25) is 0 Å². The molecule has 2 heterocycles. The highest BCUT2D eigenvalue weighted by Gasteiger charge is 2.40. The van der Waals surface area contributed by atoms with Gasteiger partial charge in [0.25, 0.3) is 0 Å². The van der Waals surface area contributed by atoms with Crippen LogP contribution in [0.1, 0.15) is 56.8 Å². The number of nitrogens with zero attached hydrogens (tertiary/aromatic N) is 4. The minimum atomic E-state index is -0.508. The molecule has 0 unspecified atom stereocenters. The fourth-order valence-corrected chi connectivity index (χ4v) is 4.39. The number of aromatic nitrogens is 2. The summed E-state index contributed by atoms with van der Waals surface area (Å²) in [7, 11) is 2.84. The number of piperidine rings is 1. The SMILES string of the molecule is COC(=O)c1ccc(N2CCC(N(C(=O)OC(C)(C)C)C3CC3)CC2)c2cnc(OC)nc12. The van der Waals surface area contributed by atoms with Crippen LogP contribution in [-0.4, -0.2) is 71.9 Å². The van der Waals surface area contributed by atoms with E-state index < -0.39 is 11.6 Å². The molecule has 1 amide bonds. The van der Waals surface area contributed by atoms with Crippen molar-refractivity contribution in [2.24, 2.45) is 0 Å². The zero-order valence-corrected chi connectivity index (χ0v) is 20.0. The number of esters is 1. The largest absolute Gasteiger partial charge is 0.467 e. The van der Waals surface area contributed by atoms with E-state index in [1.807, 2.05) is 31.7 Å². The molecule has 1 aromatic heterocycles. The minimum Gasteiger partial charge on any atom is -0.467 e. The first-order chi connectivity index (χ1) is 15.7. The summed E-state index contributed by atoms with van der Waals surface area (Å²) in [5.74, 6) is -0.455. The maximum absolute atomic E-state index is 12.9. The van der Waals surface area contributed by atoms with E-state index in [0.717, 1.165) is 49.8 Å². The number of ether oxygens (including phenoxy) is 3. The van der Waals surface area contributed by atoms with Crippen molar-refractivity contribution >= 4 is 28.7 Å². The Bertz CT molecular complexity index is 1040. The molecule has 1 aliphatic heterocycles. The Morgan fingerprint density at radius 2 is 1.73 bits per heavy atom. The number of fused-ring (bicyclic) bond motifs is 1. The third-order valence-electron chi connectivity index (χ3n) is 6.04. The van der Waals surface area contributed by atoms with Gasteiger partial charge in [0, 0.05) is 42.4 Å². The van der Waals surface area contributed by atoms with Crippen molar-refractivity contribution in [1.29, 1.82) is 0 Å². The second-order valence-corrected chi connectivity index (χ2v) is 9.58. The van der Waals surface area contributed by atoms with Crippen LogP contribution in [0.15, 0.2) is 18.3 Å². The van der Waals surface area contributed by atoms with E-state index in [1.54, 1.807) is 12.3 Å². The van der Waals surface area contributed by atoms with Gasteiger partial charge in [0.2, 0.25) is 0 Å². The lowest BCUT2D eigenvalue weighted by atomic mass is 10.0. The van der Waals surface area contributed by atoms with Gasteiger partial charge in [-0.2, -0.15) is 4.98 Å². The molecule has 2 fully saturated rings. The summed E-state index contributed by atoms with van der Waals surface area (Å²) in [4.78, 5) is 38.1. The van der Waals surface area contributed by atoms with E-state index >= 15 is 0 Å². The standard InChI is InChI=1S/C24H32N4O5/c1-24(2,3)33-23(30)28(15-6-7-15)16-10-12-27(13-11-16)19-9-8-17(21(29)31-4)20-18(19)14-25-22(26-20)32-5/h8-9,14-16H,6-7,10-13H2,1-5H3. The molecule has 1 aliphatic carbocycles. The highest BCUT2D eigenvalue weighted by Crippen LogP contribution is 2.36. The van der Waals surface area contributed by atoms with Gasteiger partial charge >= 0.3 is 18.1 Å². The first kappa shape index (κ1) is 23.1. The van der Waals surface area contributed by atoms with Crippen LogP contribution in [0.5, 0.6) is 6.01 Å². The van der Waals surface area contributed by atoms with Crippen molar-refractivity contribution in [2.75, 3.05) is 32.2 Å². The highest BCUT2D eigenvalue weighted by atomic mass is 16.6. The van der Waals surface area contributed by atoms with E-state index in [4.69, 9.17) is 14.2 Å². The lowest BCUT2D eigenvalue weighted by Crippen LogP contribution is -2.50. The Hall–Kier alpha value is -3.10. The first-order valence-electron chi connectivity index (χ1n) is 11.4. The Labute approximate surface area is 194 Å². The zero-order chi connectivity index (χ0) is 23.8. The molecule has 4 rings (SSSR count). The molecule has 33 heavy (non-hydrogen) atoms. The second kappa shape index (κ2) is 9.03. The quantitative estimate of drug-likeness (QED) is 0.627. The molecule has 1 saturated carbocycles. The number of anilines is 1. The summed E-state index contributed by atoms with van der Waals surface area (Å²) in [6, 6.07) is 4.29. The number of carbonyl (C=O) groups is 2. The number of hydrogen-bond acceptors (Lipinski definition) is 8. The Morgan fingerprint density at radius 1 is 1.06 bits per heavy atom. The Kier molecular flexibility index (Phi) is 6.32. The van der Waals surface area contributed by atoms with Gasteiger partial charge in [0.05, 0.1) is 25.3 Å². The molecule has 9 nitrogen and oxygen atoms in total. The molecular formula is C24H32N4O5. The topological polar surface area (TPSA) is 94.1 Å². The average Bonchev–Trinajstić information content (AvgIpc) is 3.62. The minimum absolute atomic E-state index is 0.153. The van der Waals surface area contributed by atoms with E-state index in [2.05, 4.69) is 14.9 Å². The van der Waals surface area contributed by atoms with Crippen LogP contribution >= 0.6 is 0 Å². The maximum Gasteiger partial charge on any atom is 0.410 e. The van der Waals surface area contributed by atoms with Crippen LogP contribution in [0.2, 0.25) is 0 Å². The lowest BCUT2D eigenvalue weighted by Gasteiger charge is -2.40. The number of rotatable bonds is 5. The molecule has 0 N–H and O–H groups in total. The van der Waals surface area contributed by atoms with Crippen LogP contribution in [0, 0.1) is 0 Å². The van der Waals surface area contributed by atoms with Gasteiger partial charge in [-0.15, -0.1) is 0 Å². The van der Waals surface area contributed by atoms with E-state index in [9.17, 15) is 9.59 Å². The van der Waals surface area contributed by atoms with Gasteiger partial charge < -0.3 is 24.0 Å². The fourth-order valence-electron chi connectivity index (χ4n) is 4.39. The maximum atomic E-state index is 12.9. The molecule has 0 spiro atoms. The highest BCUT2D eigenvalue weighted by molar-refractivity contribution is 6.06. The van der Waals surface area contributed by atoms with E-state index in [1.165, 1.54) is 14.2 Å². The van der Waals surface area contributed by atoms with Gasteiger partial charge in [-0.1, -0.05) is 0 Å². The van der Waals surface area contributed by atoms with Crippen molar-refractivity contribution < 1.29 is 23.8 Å². The summed E-state index contributed by atoms with van der Waals surface area (Å²) in [5.41, 5.74) is 1.32. The van der Waals surface area contributed by atoms with Crippen molar-refractivity contribution in [2.45, 2.75) is 64.1 Å². The number of amides is 1. The molecule has 1 saturated heterocycles. The van der Waals surface area contributed by atoms with E-state index in [0.29, 0.717) is 11.1 Å². The van der Waals surface area contributed by atoms with Crippen LogP contribution in [0.25, 0.3) is 10.9 Å². The molecule has 9 heteroatoms. The number of methoxy groups -OCH3 is 2. The molecule has 2 aromatic rings. The summed E-state index contributed by atoms with van der Waals surface area (Å²) >= 11 is 0. The average molecular weight is 457 g/mol. The predicted molar refractivity (Wildman–Crippen MR) is 124 cm³/mol. The first-order valence-corrected chi connectivity index (χ1v) is 11.4. The monoisotopic (exact) mass is 456 g/mol.